The first kappa shape index (κ1) is 16.5. The van der Waals surface area contributed by atoms with Crippen LogP contribution < -0.4 is 5.32 Å². The van der Waals surface area contributed by atoms with E-state index in [-0.39, 0.29) is 6.42 Å². The van der Waals surface area contributed by atoms with E-state index in [2.05, 4.69) is 20.8 Å². The summed E-state index contributed by atoms with van der Waals surface area (Å²) >= 11 is 0. The molecular formula is C14H16FN5O3. The van der Waals surface area contributed by atoms with Gasteiger partial charge < -0.3 is 10.4 Å². The highest BCUT2D eigenvalue weighted by Crippen LogP contribution is 2.15. The zero-order valence-electron chi connectivity index (χ0n) is 12.4. The minimum Gasteiger partial charge on any atom is -0.480 e. The number of benzene rings is 1. The molecule has 0 aliphatic heterocycles. The maximum Gasteiger partial charge on any atom is 0.328 e. The number of halogens is 1. The summed E-state index contributed by atoms with van der Waals surface area (Å²) < 4.78 is 14.0. The molecule has 2 unspecified atom stereocenters. The quantitative estimate of drug-likeness (QED) is 0.759. The van der Waals surface area contributed by atoms with E-state index < -0.39 is 30.6 Å². The molecule has 1 heterocycles. The van der Waals surface area contributed by atoms with Crippen LogP contribution in [0.1, 0.15) is 17.4 Å². The molecule has 2 atom stereocenters. The van der Waals surface area contributed by atoms with Crippen LogP contribution in [-0.2, 0) is 16.0 Å². The summed E-state index contributed by atoms with van der Waals surface area (Å²) in [7, 11) is 0. The van der Waals surface area contributed by atoms with Crippen LogP contribution in [0.25, 0.3) is 0 Å². The van der Waals surface area contributed by atoms with Gasteiger partial charge in [-0.15, -0.1) is 5.10 Å². The minimum atomic E-state index is -1.60. The second kappa shape index (κ2) is 7.43. The van der Waals surface area contributed by atoms with Gasteiger partial charge in [-0.05, 0) is 22.9 Å². The van der Waals surface area contributed by atoms with Crippen LogP contribution in [0.15, 0.2) is 30.3 Å². The Balaban J connectivity index is 2.25. The molecule has 0 saturated carbocycles. The van der Waals surface area contributed by atoms with Gasteiger partial charge in [0.2, 0.25) is 5.91 Å². The molecule has 0 fully saturated rings. The first-order chi connectivity index (χ1) is 11.0. The van der Waals surface area contributed by atoms with E-state index in [1.807, 2.05) is 30.3 Å². The Morgan fingerprint density at radius 1 is 1.35 bits per heavy atom. The molecule has 23 heavy (non-hydrogen) atoms. The van der Waals surface area contributed by atoms with Crippen molar-refractivity contribution in [2.45, 2.75) is 25.4 Å². The van der Waals surface area contributed by atoms with Gasteiger partial charge in [-0.1, -0.05) is 30.3 Å². The third kappa shape index (κ3) is 4.09. The number of aromatic nitrogens is 4. The van der Waals surface area contributed by atoms with Crippen molar-refractivity contribution in [1.82, 2.24) is 25.5 Å². The second-order valence-corrected chi connectivity index (χ2v) is 4.93. The third-order valence-corrected chi connectivity index (χ3v) is 3.30. The number of nitrogens with zero attached hydrogens (tertiary/aromatic N) is 4. The van der Waals surface area contributed by atoms with Gasteiger partial charge in [-0.25, -0.2) is 13.9 Å². The highest BCUT2D eigenvalue weighted by molar-refractivity contribution is 5.86. The number of nitrogens with one attached hydrogen (secondary N) is 1. The van der Waals surface area contributed by atoms with Gasteiger partial charge >= 0.3 is 5.97 Å². The van der Waals surface area contributed by atoms with Crippen molar-refractivity contribution in [2.75, 3.05) is 6.67 Å². The van der Waals surface area contributed by atoms with Crippen LogP contribution in [0, 0.1) is 6.92 Å². The first-order valence-corrected chi connectivity index (χ1v) is 6.90. The molecular weight excluding hydrogens is 305 g/mol. The number of aliphatic carboxylic acids is 1. The van der Waals surface area contributed by atoms with Crippen molar-refractivity contribution in [1.29, 1.82) is 0 Å². The van der Waals surface area contributed by atoms with E-state index in [4.69, 9.17) is 5.11 Å². The smallest absolute Gasteiger partial charge is 0.328 e. The minimum absolute atomic E-state index is 0.247. The van der Waals surface area contributed by atoms with Crippen LogP contribution in [0.4, 0.5) is 4.39 Å². The van der Waals surface area contributed by atoms with Crippen LogP contribution >= 0.6 is 0 Å². The zero-order valence-corrected chi connectivity index (χ0v) is 12.4. The average molecular weight is 321 g/mol. The van der Waals surface area contributed by atoms with Gasteiger partial charge in [0.15, 0.2) is 6.04 Å². The topological polar surface area (TPSA) is 110 Å². The number of carboxylic acids is 1. The number of carbonyl (C=O) groups is 2. The molecule has 1 aromatic carbocycles. The van der Waals surface area contributed by atoms with E-state index >= 15 is 0 Å². The van der Waals surface area contributed by atoms with Crippen LogP contribution in [0.5, 0.6) is 0 Å². The Hall–Kier alpha value is -2.84. The van der Waals surface area contributed by atoms with Gasteiger partial charge in [-0.2, -0.15) is 0 Å². The summed E-state index contributed by atoms with van der Waals surface area (Å²) in [6, 6.07) is 6.65. The van der Waals surface area contributed by atoms with E-state index in [0.717, 1.165) is 5.56 Å². The van der Waals surface area contributed by atoms with Crippen molar-refractivity contribution in [2.24, 2.45) is 0 Å². The number of hydrogen-bond donors (Lipinski definition) is 2. The van der Waals surface area contributed by atoms with Gasteiger partial charge in [-0.3, -0.25) is 4.79 Å². The molecule has 1 aromatic heterocycles. The maximum atomic E-state index is 12.7. The van der Waals surface area contributed by atoms with Gasteiger partial charge in [0.1, 0.15) is 18.5 Å². The zero-order chi connectivity index (χ0) is 16.8. The number of carboxylic acid groups (broad SMARTS) is 1. The number of carbonyl (C=O) groups excluding carboxylic acids is 1. The summed E-state index contributed by atoms with van der Waals surface area (Å²) in [4.78, 5) is 23.3. The molecule has 2 N–H and O–H groups in total. The summed E-state index contributed by atoms with van der Waals surface area (Å²) in [5.74, 6) is -1.70. The standard InChI is InChI=1S/C14H16FN5O3/c1-9-17-18-19-20(9)12(7-10-5-3-2-4-6-10)13(21)16-11(8-15)14(22)23/h2-6,11-12H,7-8H2,1H3,(H,16,21)(H,22,23). The lowest BCUT2D eigenvalue weighted by molar-refractivity contribution is -0.142. The number of hydrogen-bond acceptors (Lipinski definition) is 5. The van der Waals surface area contributed by atoms with Crippen LogP contribution in [0.2, 0.25) is 0 Å². The number of aryl methyl sites for hydroxylation is 1. The number of amides is 1. The Labute approximate surface area is 131 Å². The summed E-state index contributed by atoms with van der Waals surface area (Å²) in [6.07, 6.45) is 0.247. The molecule has 0 radical (unpaired) electrons. The highest BCUT2D eigenvalue weighted by atomic mass is 19.1. The van der Waals surface area contributed by atoms with Crippen molar-refractivity contribution in [3.8, 4) is 0 Å². The maximum absolute atomic E-state index is 12.7. The summed E-state index contributed by atoms with van der Waals surface area (Å²) in [6.45, 7) is 0.419. The van der Waals surface area contributed by atoms with Gasteiger partial charge in [0.05, 0.1) is 0 Å². The molecule has 0 aliphatic carbocycles. The van der Waals surface area contributed by atoms with E-state index in [1.54, 1.807) is 6.92 Å². The molecule has 122 valence electrons. The fourth-order valence-corrected chi connectivity index (χ4v) is 2.09. The molecule has 1 amide bonds. The lowest BCUT2D eigenvalue weighted by Gasteiger charge is -2.19. The Kier molecular flexibility index (Phi) is 5.34. The van der Waals surface area contributed by atoms with Gasteiger partial charge in [0.25, 0.3) is 0 Å². The van der Waals surface area contributed by atoms with E-state index in [9.17, 15) is 14.0 Å². The normalized spacial score (nSPS) is 13.3. The van der Waals surface area contributed by atoms with E-state index in [0.29, 0.717) is 5.82 Å². The molecule has 0 aliphatic rings. The van der Waals surface area contributed by atoms with Crippen molar-refractivity contribution in [3.63, 3.8) is 0 Å². The highest BCUT2D eigenvalue weighted by Gasteiger charge is 2.28. The molecule has 8 nitrogen and oxygen atoms in total. The molecule has 0 bridgehead atoms. The Bertz CT molecular complexity index is 676. The molecule has 9 heteroatoms. The number of tetrazole rings is 1. The molecule has 0 saturated heterocycles. The summed E-state index contributed by atoms with van der Waals surface area (Å²) in [5.41, 5.74) is 0.842. The third-order valence-electron chi connectivity index (χ3n) is 3.30. The Morgan fingerprint density at radius 2 is 2.04 bits per heavy atom. The van der Waals surface area contributed by atoms with Crippen molar-refractivity contribution < 1.29 is 19.1 Å². The number of alkyl halides is 1. The van der Waals surface area contributed by atoms with E-state index in [1.165, 1.54) is 4.68 Å². The van der Waals surface area contributed by atoms with Crippen LogP contribution in [0.3, 0.4) is 0 Å². The second-order valence-electron chi connectivity index (χ2n) is 4.93. The predicted octanol–water partition coefficient (Wildman–Crippen LogP) is 0.304. The Morgan fingerprint density at radius 3 is 2.57 bits per heavy atom. The average Bonchev–Trinajstić information content (AvgIpc) is 2.96. The van der Waals surface area contributed by atoms with Crippen molar-refractivity contribution >= 4 is 11.9 Å². The van der Waals surface area contributed by atoms with Crippen molar-refractivity contribution in [3.05, 3.63) is 41.7 Å². The largest absolute Gasteiger partial charge is 0.480 e. The molecule has 2 aromatic rings. The fourth-order valence-electron chi connectivity index (χ4n) is 2.09. The van der Waals surface area contributed by atoms with Crippen LogP contribution in [-0.4, -0.2) is 49.9 Å². The predicted molar refractivity (Wildman–Crippen MR) is 77.3 cm³/mol. The number of rotatable bonds is 7. The first-order valence-electron chi connectivity index (χ1n) is 6.90. The lowest BCUT2D eigenvalue weighted by atomic mass is 10.0. The fraction of sp³-hybridized carbons (Fsp3) is 0.357. The molecule has 2 rings (SSSR count). The summed E-state index contributed by atoms with van der Waals surface area (Å²) in [5, 5.41) is 22.0. The lowest BCUT2D eigenvalue weighted by Crippen LogP contribution is -2.46. The monoisotopic (exact) mass is 321 g/mol. The van der Waals surface area contributed by atoms with Gasteiger partial charge in [0, 0.05) is 6.42 Å². The SMILES string of the molecule is Cc1nnnn1C(Cc1ccccc1)C(=O)NC(CF)C(=O)O. The molecule has 0 spiro atoms.